The molecule has 6 atom stereocenters. The standard InChI is InChI=1S/C12H20N3O15P3/c16-8-7(4-27-32(23,24)30-33(25,26)29-31(20,21)22)28-10(9(8)17)6-3-15(5-1-13-2-5)12(19)14-11(6)18/h3,5,7-10,13,16-17H,1-2,4H2,(H,23,24)(H,25,26)(H,14,18,19)(H2,20,21,22)/t7-,8?,9?,10+/m1/s1. The molecule has 8 N–H and O–H groups in total. The maximum absolute atomic E-state index is 12.2. The lowest BCUT2D eigenvalue weighted by molar-refractivity contribution is -0.0229. The van der Waals surface area contributed by atoms with Crippen molar-refractivity contribution in [2.75, 3.05) is 19.7 Å². The summed E-state index contributed by atoms with van der Waals surface area (Å²) in [5.74, 6) is 0. The molecule has 2 fully saturated rings. The van der Waals surface area contributed by atoms with E-state index in [0.717, 1.165) is 6.20 Å². The molecule has 0 radical (unpaired) electrons. The van der Waals surface area contributed by atoms with Gasteiger partial charge in [0.05, 0.1) is 18.2 Å². The van der Waals surface area contributed by atoms with Gasteiger partial charge < -0.3 is 39.8 Å². The third kappa shape index (κ3) is 6.54. The van der Waals surface area contributed by atoms with E-state index >= 15 is 0 Å². The smallest absolute Gasteiger partial charge is 0.387 e. The number of hydrogen-bond donors (Lipinski definition) is 8. The third-order valence-corrected chi connectivity index (χ3v) is 8.44. The van der Waals surface area contributed by atoms with Gasteiger partial charge >= 0.3 is 29.2 Å². The molecule has 1 aromatic rings. The highest BCUT2D eigenvalue weighted by Crippen LogP contribution is 2.66. The van der Waals surface area contributed by atoms with Crippen LogP contribution in [-0.4, -0.2) is 77.3 Å². The maximum atomic E-state index is 12.2. The summed E-state index contributed by atoms with van der Waals surface area (Å²) < 4.78 is 51.8. The van der Waals surface area contributed by atoms with Crippen LogP contribution in [0.15, 0.2) is 15.8 Å². The molecule has 2 saturated heterocycles. The molecule has 0 spiro atoms. The van der Waals surface area contributed by atoms with Gasteiger partial charge in [-0.1, -0.05) is 0 Å². The Hall–Kier alpha value is -1.07. The minimum atomic E-state index is -5.74. The molecule has 21 heteroatoms. The van der Waals surface area contributed by atoms with E-state index in [-0.39, 0.29) is 11.6 Å². The summed E-state index contributed by atoms with van der Waals surface area (Å²) in [7, 11) is -16.8. The zero-order valence-electron chi connectivity index (χ0n) is 16.2. The number of ether oxygens (including phenoxy) is 1. The predicted octanol–water partition coefficient (Wildman–Crippen LogP) is -2.81. The first-order valence-electron chi connectivity index (χ1n) is 8.94. The van der Waals surface area contributed by atoms with Crippen LogP contribution in [0.3, 0.4) is 0 Å². The fraction of sp³-hybridized carbons (Fsp3) is 0.667. The van der Waals surface area contributed by atoms with Crippen molar-refractivity contribution >= 4 is 23.5 Å². The van der Waals surface area contributed by atoms with Crippen LogP contribution in [0.5, 0.6) is 0 Å². The second-order valence-corrected chi connectivity index (χ2v) is 11.4. The molecule has 2 aliphatic heterocycles. The molecular weight excluding hydrogens is 519 g/mol. The molecule has 33 heavy (non-hydrogen) atoms. The van der Waals surface area contributed by atoms with Crippen LogP contribution in [0.1, 0.15) is 17.7 Å². The van der Waals surface area contributed by atoms with Crippen molar-refractivity contribution in [2.45, 2.75) is 30.5 Å². The number of phosphoric ester groups is 1. The number of aromatic amines is 1. The molecule has 0 bridgehead atoms. The average Bonchev–Trinajstić information content (AvgIpc) is 2.86. The molecule has 3 rings (SSSR count). The van der Waals surface area contributed by atoms with Gasteiger partial charge in [0.25, 0.3) is 5.56 Å². The minimum absolute atomic E-state index is 0.228. The Bertz CT molecular complexity index is 1140. The number of aromatic nitrogens is 2. The van der Waals surface area contributed by atoms with Crippen LogP contribution in [0.4, 0.5) is 0 Å². The summed E-state index contributed by atoms with van der Waals surface area (Å²) in [6, 6.07) is -0.266. The van der Waals surface area contributed by atoms with E-state index in [9.17, 15) is 38.4 Å². The van der Waals surface area contributed by atoms with Crippen molar-refractivity contribution in [1.82, 2.24) is 14.9 Å². The van der Waals surface area contributed by atoms with Crippen molar-refractivity contribution in [2.24, 2.45) is 0 Å². The average molecular weight is 539 g/mol. The van der Waals surface area contributed by atoms with Gasteiger partial charge in [0.2, 0.25) is 0 Å². The van der Waals surface area contributed by atoms with E-state index < -0.39 is 65.7 Å². The van der Waals surface area contributed by atoms with Gasteiger partial charge in [-0.05, 0) is 0 Å². The van der Waals surface area contributed by atoms with Crippen molar-refractivity contribution in [3.05, 3.63) is 32.6 Å². The largest absolute Gasteiger partial charge is 0.490 e. The highest BCUT2D eigenvalue weighted by Gasteiger charge is 2.47. The predicted molar refractivity (Wildman–Crippen MR) is 103 cm³/mol. The summed E-state index contributed by atoms with van der Waals surface area (Å²) >= 11 is 0. The Labute approximate surface area is 183 Å². The van der Waals surface area contributed by atoms with Gasteiger partial charge in [0.1, 0.15) is 24.4 Å². The molecule has 188 valence electrons. The van der Waals surface area contributed by atoms with Crippen LogP contribution >= 0.6 is 23.5 Å². The first-order chi connectivity index (χ1) is 15.1. The van der Waals surface area contributed by atoms with Crippen molar-refractivity contribution in [3.8, 4) is 0 Å². The van der Waals surface area contributed by atoms with Gasteiger partial charge in [0.15, 0.2) is 0 Å². The van der Waals surface area contributed by atoms with E-state index in [1.807, 2.05) is 0 Å². The second kappa shape index (κ2) is 9.53. The van der Waals surface area contributed by atoms with Gasteiger partial charge in [-0.3, -0.25) is 18.9 Å². The highest BCUT2D eigenvalue weighted by molar-refractivity contribution is 7.66. The SMILES string of the molecule is O=c1[nH]c(=O)n(C2CNC2)cc1[C@@H]1O[C@H](COP(=O)(O)OP(=O)(O)OP(=O)(O)O)C(O)C1O. The summed E-state index contributed by atoms with van der Waals surface area (Å²) in [5, 5.41) is 23.4. The first kappa shape index (κ1) is 26.5. The van der Waals surface area contributed by atoms with Gasteiger partial charge in [-0.25, -0.2) is 18.5 Å². The second-order valence-electron chi connectivity index (χ2n) is 7.03. The third-order valence-electron chi connectivity index (χ3n) is 4.64. The topological polar surface area (TPSA) is 276 Å². The summed E-state index contributed by atoms with van der Waals surface area (Å²) in [5.41, 5.74) is -1.84. The number of phosphoric acid groups is 3. The van der Waals surface area contributed by atoms with Crippen molar-refractivity contribution in [3.63, 3.8) is 0 Å². The van der Waals surface area contributed by atoms with Crippen LogP contribution in [0.2, 0.25) is 0 Å². The van der Waals surface area contributed by atoms with Gasteiger partial charge in [0, 0.05) is 19.3 Å². The maximum Gasteiger partial charge on any atom is 0.490 e. The quantitative estimate of drug-likeness (QED) is 0.147. The van der Waals surface area contributed by atoms with Gasteiger partial charge in [-0.2, -0.15) is 8.62 Å². The number of rotatable bonds is 9. The number of hydrogen-bond acceptors (Lipinski definition) is 12. The normalized spacial score (nSPS) is 29.9. The number of aliphatic hydroxyl groups excluding tert-OH is 2. The molecule has 4 unspecified atom stereocenters. The number of nitrogens with zero attached hydrogens (tertiary/aromatic N) is 1. The monoisotopic (exact) mass is 539 g/mol. The molecule has 2 aliphatic rings. The molecule has 18 nitrogen and oxygen atoms in total. The number of nitrogens with one attached hydrogen (secondary N) is 2. The Morgan fingerprint density at radius 1 is 1.03 bits per heavy atom. The van der Waals surface area contributed by atoms with Crippen LogP contribution in [0.25, 0.3) is 0 Å². The Morgan fingerprint density at radius 2 is 1.67 bits per heavy atom. The minimum Gasteiger partial charge on any atom is -0.387 e. The molecule has 3 heterocycles. The lowest BCUT2D eigenvalue weighted by Crippen LogP contribution is -2.49. The molecule has 0 amide bonds. The van der Waals surface area contributed by atoms with E-state index in [1.54, 1.807) is 0 Å². The van der Waals surface area contributed by atoms with Crippen LogP contribution in [0, 0.1) is 0 Å². The van der Waals surface area contributed by atoms with Crippen LogP contribution < -0.4 is 16.6 Å². The Balaban J connectivity index is 1.71. The molecule has 1 aromatic heterocycles. The van der Waals surface area contributed by atoms with E-state index in [0.29, 0.717) is 13.1 Å². The Kier molecular flexibility index (Phi) is 7.66. The van der Waals surface area contributed by atoms with E-state index in [2.05, 4.69) is 23.4 Å². The van der Waals surface area contributed by atoms with Crippen molar-refractivity contribution < 1.29 is 61.4 Å². The summed E-state index contributed by atoms with van der Waals surface area (Å²) in [6.45, 7) is -0.141. The van der Waals surface area contributed by atoms with Crippen LogP contribution in [-0.2, 0) is 31.6 Å². The lowest BCUT2D eigenvalue weighted by Gasteiger charge is -2.29. The number of H-pyrrole nitrogens is 1. The molecule has 0 aliphatic carbocycles. The van der Waals surface area contributed by atoms with E-state index in [1.165, 1.54) is 4.57 Å². The molecule has 0 aromatic carbocycles. The molecule has 0 saturated carbocycles. The van der Waals surface area contributed by atoms with Crippen molar-refractivity contribution in [1.29, 1.82) is 0 Å². The highest BCUT2D eigenvalue weighted by atomic mass is 31.3. The zero-order valence-corrected chi connectivity index (χ0v) is 18.9. The van der Waals surface area contributed by atoms with Gasteiger partial charge in [-0.15, -0.1) is 0 Å². The fourth-order valence-electron chi connectivity index (χ4n) is 3.06. The Morgan fingerprint density at radius 3 is 2.21 bits per heavy atom. The fourth-order valence-corrected chi connectivity index (χ4v) is 6.09. The zero-order chi connectivity index (χ0) is 24.8. The lowest BCUT2D eigenvalue weighted by atomic mass is 10.0. The van der Waals surface area contributed by atoms with E-state index in [4.69, 9.17) is 19.4 Å². The summed E-state index contributed by atoms with van der Waals surface area (Å²) in [4.78, 5) is 61.9. The number of aliphatic hydroxyl groups is 2. The summed E-state index contributed by atoms with van der Waals surface area (Å²) in [6.07, 6.45) is -5.44. The first-order valence-corrected chi connectivity index (χ1v) is 13.5. The molecular formula is C12H20N3O15P3.